The fourth-order valence-corrected chi connectivity index (χ4v) is 2.13. The molecule has 0 unspecified atom stereocenters. The Kier molecular flexibility index (Phi) is 3.30. The highest BCUT2D eigenvalue weighted by Crippen LogP contribution is 2.21. The van der Waals surface area contributed by atoms with E-state index in [1.807, 2.05) is 25.0 Å². The molecule has 0 aliphatic carbocycles. The van der Waals surface area contributed by atoms with Gasteiger partial charge in [0.05, 0.1) is 17.4 Å². The van der Waals surface area contributed by atoms with Gasteiger partial charge in [0, 0.05) is 31.9 Å². The molecule has 0 bridgehead atoms. The highest BCUT2D eigenvalue weighted by Gasteiger charge is 2.17. The third-order valence-corrected chi connectivity index (χ3v) is 3.46. The molecule has 2 aromatic rings. The minimum atomic E-state index is 0.0911. The van der Waals surface area contributed by atoms with Crippen molar-refractivity contribution in [3.63, 3.8) is 0 Å². The van der Waals surface area contributed by atoms with Crippen LogP contribution in [0.1, 0.15) is 13.8 Å². The van der Waals surface area contributed by atoms with Crippen LogP contribution in [0.3, 0.4) is 0 Å². The number of imidazole rings is 1. The van der Waals surface area contributed by atoms with Gasteiger partial charge in [-0.2, -0.15) is 0 Å². The van der Waals surface area contributed by atoms with Gasteiger partial charge in [0.25, 0.3) is 0 Å². The lowest BCUT2D eigenvalue weighted by molar-refractivity contribution is 0.428. The first-order valence-corrected chi connectivity index (χ1v) is 6.24. The summed E-state index contributed by atoms with van der Waals surface area (Å²) in [6.07, 6.45) is 1.85. The molecule has 1 aromatic carbocycles. The van der Waals surface area contributed by atoms with Crippen molar-refractivity contribution in [3.8, 4) is 0 Å². The number of hydrogen-bond acceptors (Lipinski definition) is 3. The van der Waals surface area contributed by atoms with Crippen molar-refractivity contribution in [1.82, 2.24) is 14.9 Å². The van der Waals surface area contributed by atoms with E-state index in [4.69, 9.17) is 0 Å². The van der Waals surface area contributed by atoms with Crippen LogP contribution < -0.4 is 10.2 Å². The van der Waals surface area contributed by atoms with Crippen LogP contribution in [0.4, 0.5) is 5.69 Å². The van der Waals surface area contributed by atoms with Gasteiger partial charge >= 0.3 is 0 Å². The molecule has 1 N–H and O–H groups in total. The molecule has 0 saturated carbocycles. The molecule has 0 radical (unpaired) electrons. The van der Waals surface area contributed by atoms with Crippen LogP contribution in [0.2, 0.25) is 0 Å². The summed E-state index contributed by atoms with van der Waals surface area (Å²) < 4.78 is 2.04. The predicted octanol–water partition coefficient (Wildman–Crippen LogP) is 2.01. The maximum atomic E-state index is 4.40. The number of anilines is 1. The molecule has 0 aliphatic heterocycles. The molecule has 1 heterocycles. The predicted molar refractivity (Wildman–Crippen MR) is 77.1 cm³/mol. The van der Waals surface area contributed by atoms with Crippen molar-refractivity contribution >= 4 is 16.7 Å². The van der Waals surface area contributed by atoms with Crippen molar-refractivity contribution in [3.05, 3.63) is 24.5 Å². The molecule has 4 nitrogen and oxygen atoms in total. The lowest BCUT2D eigenvalue weighted by atomic mass is 10.1. The molecular weight excluding hydrogens is 224 g/mol. The number of nitrogens with zero attached hydrogens (tertiary/aromatic N) is 3. The van der Waals surface area contributed by atoms with Crippen LogP contribution in [0.5, 0.6) is 0 Å². The molecule has 0 fully saturated rings. The topological polar surface area (TPSA) is 33.1 Å². The van der Waals surface area contributed by atoms with Gasteiger partial charge < -0.3 is 14.8 Å². The molecular formula is C14H22N4. The summed E-state index contributed by atoms with van der Waals surface area (Å²) in [4.78, 5) is 6.65. The van der Waals surface area contributed by atoms with Gasteiger partial charge in [-0.25, -0.2) is 4.98 Å². The van der Waals surface area contributed by atoms with Crippen molar-refractivity contribution in [2.24, 2.45) is 7.05 Å². The van der Waals surface area contributed by atoms with Gasteiger partial charge in [-0.05, 0) is 39.1 Å². The zero-order valence-corrected chi connectivity index (χ0v) is 11.9. The smallest absolute Gasteiger partial charge is 0.0955 e. The lowest BCUT2D eigenvalue weighted by Gasteiger charge is -2.31. The summed E-state index contributed by atoms with van der Waals surface area (Å²) in [6.45, 7) is 5.34. The van der Waals surface area contributed by atoms with E-state index in [0.717, 1.165) is 12.1 Å². The second-order valence-corrected chi connectivity index (χ2v) is 5.52. The van der Waals surface area contributed by atoms with E-state index in [1.165, 1.54) is 11.2 Å². The molecule has 1 aromatic heterocycles. The quantitative estimate of drug-likeness (QED) is 0.896. The maximum Gasteiger partial charge on any atom is 0.0955 e. The monoisotopic (exact) mass is 246 g/mol. The molecule has 0 atom stereocenters. The van der Waals surface area contributed by atoms with Crippen molar-refractivity contribution in [1.29, 1.82) is 0 Å². The number of rotatable bonds is 4. The molecule has 2 rings (SSSR count). The van der Waals surface area contributed by atoms with Crippen molar-refractivity contribution < 1.29 is 0 Å². The average molecular weight is 246 g/mol. The molecule has 0 spiro atoms. The second kappa shape index (κ2) is 4.61. The van der Waals surface area contributed by atoms with Gasteiger partial charge in [0.15, 0.2) is 0 Å². The van der Waals surface area contributed by atoms with E-state index in [-0.39, 0.29) is 5.54 Å². The van der Waals surface area contributed by atoms with E-state index >= 15 is 0 Å². The molecule has 4 heteroatoms. The zero-order chi connectivity index (χ0) is 13.3. The highest BCUT2D eigenvalue weighted by atomic mass is 15.1. The summed E-state index contributed by atoms with van der Waals surface area (Å²) in [7, 11) is 6.13. The van der Waals surface area contributed by atoms with Crippen LogP contribution in [0.15, 0.2) is 24.5 Å². The van der Waals surface area contributed by atoms with Crippen LogP contribution in [-0.4, -0.2) is 35.7 Å². The lowest BCUT2D eigenvalue weighted by Crippen LogP contribution is -2.46. The van der Waals surface area contributed by atoms with E-state index in [2.05, 4.69) is 54.3 Å². The van der Waals surface area contributed by atoms with Crippen LogP contribution in [0.25, 0.3) is 11.0 Å². The Bertz CT molecular complexity index is 542. The van der Waals surface area contributed by atoms with E-state index in [1.54, 1.807) is 0 Å². The summed E-state index contributed by atoms with van der Waals surface area (Å²) >= 11 is 0. The Labute approximate surface area is 109 Å². The van der Waals surface area contributed by atoms with Crippen molar-refractivity contribution in [2.45, 2.75) is 19.4 Å². The van der Waals surface area contributed by atoms with Crippen molar-refractivity contribution in [2.75, 3.05) is 25.5 Å². The molecule has 0 aliphatic rings. The van der Waals surface area contributed by atoms with Gasteiger partial charge in [-0.1, -0.05) is 0 Å². The van der Waals surface area contributed by atoms with E-state index in [9.17, 15) is 0 Å². The van der Waals surface area contributed by atoms with Gasteiger partial charge in [-0.3, -0.25) is 0 Å². The number of nitrogens with one attached hydrogen (secondary N) is 1. The highest BCUT2D eigenvalue weighted by molar-refractivity contribution is 5.79. The van der Waals surface area contributed by atoms with E-state index in [0.29, 0.717) is 0 Å². The van der Waals surface area contributed by atoms with Gasteiger partial charge in [0.2, 0.25) is 0 Å². The Hall–Kier alpha value is -1.55. The molecule has 18 heavy (non-hydrogen) atoms. The number of benzene rings is 1. The Balaban J connectivity index is 2.25. The normalized spacial score (nSPS) is 12.1. The van der Waals surface area contributed by atoms with Gasteiger partial charge in [-0.15, -0.1) is 0 Å². The Morgan fingerprint density at radius 2 is 2.11 bits per heavy atom. The summed E-state index contributed by atoms with van der Waals surface area (Å²) in [6, 6.07) is 6.41. The standard InChI is InChI=1S/C14H22N4/c1-14(2,15-3)9-17(4)11-6-7-13-12(8-11)16-10-18(13)5/h6-8,10,15H,9H2,1-5H3. The molecule has 98 valence electrons. The first kappa shape index (κ1) is 12.9. The number of likely N-dealkylation sites (N-methyl/N-ethyl adjacent to an activating group) is 2. The first-order valence-electron chi connectivity index (χ1n) is 6.24. The molecule has 0 saturated heterocycles. The first-order chi connectivity index (χ1) is 8.43. The summed E-state index contributed by atoms with van der Waals surface area (Å²) in [5.74, 6) is 0. The average Bonchev–Trinajstić information content (AvgIpc) is 2.70. The zero-order valence-electron chi connectivity index (χ0n) is 11.9. The SMILES string of the molecule is CNC(C)(C)CN(C)c1ccc2c(c1)ncn2C. The minimum Gasteiger partial charge on any atom is -0.373 e. The summed E-state index contributed by atoms with van der Waals surface area (Å²) in [5.41, 5.74) is 3.50. The molecule has 0 amide bonds. The summed E-state index contributed by atoms with van der Waals surface area (Å²) in [5, 5.41) is 3.32. The number of fused-ring (bicyclic) bond motifs is 1. The van der Waals surface area contributed by atoms with Crippen LogP contribution in [-0.2, 0) is 7.05 Å². The number of aryl methyl sites for hydroxylation is 1. The van der Waals surface area contributed by atoms with Gasteiger partial charge in [0.1, 0.15) is 0 Å². The Morgan fingerprint density at radius 1 is 1.39 bits per heavy atom. The van der Waals surface area contributed by atoms with Crippen LogP contribution in [0, 0.1) is 0 Å². The second-order valence-electron chi connectivity index (χ2n) is 5.52. The van der Waals surface area contributed by atoms with E-state index < -0.39 is 0 Å². The minimum absolute atomic E-state index is 0.0911. The fraction of sp³-hybridized carbons (Fsp3) is 0.500. The third kappa shape index (κ3) is 2.48. The largest absolute Gasteiger partial charge is 0.373 e. The number of aromatic nitrogens is 2. The number of hydrogen-bond donors (Lipinski definition) is 1. The maximum absolute atomic E-state index is 4.40. The Morgan fingerprint density at radius 3 is 2.78 bits per heavy atom. The van der Waals surface area contributed by atoms with Crippen LogP contribution >= 0.6 is 0 Å². The third-order valence-electron chi connectivity index (χ3n) is 3.46. The fourth-order valence-electron chi connectivity index (χ4n) is 2.13.